The molecule has 82 valence electrons. The topological polar surface area (TPSA) is 69.6 Å². The summed E-state index contributed by atoms with van der Waals surface area (Å²) < 4.78 is 24.4. The molecule has 0 bridgehead atoms. The first-order chi connectivity index (χ1) is 6.80. The van der Waals surface area contributed by atoms with E-state index in [2.05, 4.69) is 11.6 Å². The van der Waals surface area contributed by atoms with E-state index in [0.29, 0.717) is 0 Å². The fourth-order valence-corrected chi connectivity index (χ4v) is 0.850. The van der Waals surface area contributed by atoms with E-state index in [4.69, 9.17) is 10.2 Å². The van der Waals surface area contributed by atoms with E-state index in [1.165, 1.54) is 0 Å². The zero-order chi connectivity index (χ0) is 11.6. The predicted molar refractivity (Wildman–Crippen MR) is 49.2 cm³/mol. The SMILES string of the molecule is O=C(Nc1ccc(O)c(O)c1)C(F)(F)Cl. The van der Waals surface area contributed by atoms with Gasteiger partial charge in [0.25, 0.3) is 0 Å². The van der Waals surface area contributed by atoms with E-state index >= 15 is 0 Å². The van der Waals surface area contributed by atoms with Gasteiger partial charge < -0.3 is 15.5 Å². The van der Waals surface area contributed by atoms with E-state index in [9.17, 15) is 13.6 Å². The Labute approximate surface area is 88.1 Å². The molecular weight excluding hydrogens is 232 g/mol. The van der Waals surface area contributed by atoms with Gasteiger partial charge in [-0.2, -0.15) is 8.78 Å². The Morgan fingerprint density at radius 1 is 1.33 bits per heavy atom. The maximum absolute atomic E-state index is 12.2. The lowest BCUT2D eigenvalue weighted by atomic mass is 10.3. The van der Waals surface area contributed by atoms with Gasteiger partial charge in [0, 0.05) is 11.8 Å². The molecule has 0 aliphatic rings. The summed E-state index contributed by atoms with van der Waals surface area (Å²) in [5.74, 6) is -2.68. The second kappa shape index (κ2) is 3.90. The number of halogens is 3. The molecule has 1 amide bonds. The van der Waals surface area contributed by atoms with E-state index < -0.39 is 22.8 Å². The first-order valence-corrected chi connectivity index (χ1v) is 4.08. The lowest BCUT2D eigenvalue weighted by molar-refractivity contribution is -0.130. The quantitative estimate of drug-likeness (QED) is 0.418. The Morgan fingerprint density at radius 2 is 1.93 bits per heavy atom. The Balaban J connectivity index is 2.83. The minimum Gasteiger partial charge on any atom is -0.504 e. The highest BCUT2D eigenvalue weighted by atomic mass is 35.5. The molecule has 0 aliphatic carbocycles. The smallest absolute Gasteiger partial charge is 0.400 e. The van der Waals surface area contributed by atoms with Gasteiger partial charge in [-0.1, -0.05) is 0 Å². The summed E-state index contributed by atoms with van der Waals surface area (Å²) in [5, 5.41) is 15.6. The van der Waals surface area contributed by atoms with Crippen LogP contribution >= 0.6 is 11.6 Å². The number of phenolic OH excluding ortho intramolecular Hbond substituents is 2. The largest absolute Gasteiger partial charge is 0.504 e. The molecule has 0 unspecified atom stereocenters. The molecular formula is C8H6ClF2NO3. The molecule has 0 saturated heterocycles. The number of aromatic hydroxyl groups is 2. The Morgan fingerprint density at radius 3 is 2.40 bits per heavy atom. The number of carbonyl (C=O) groups excluding carboxylic acids is 1. The number of hydrogen-bond acceptors (Lipinski definition) is 3. The number of alkyl halides is 3. The third kappa shape index (κ3) is 2.95. The van der Waals surface area contributed by atoms with Crippen LogP contribution in [-0.2, 0) is 4.79 Å². The number of rotatable bonds is 2. The predicted octanol–water partition coefficient (Wildman–Crippen LogP) is 1.87. The van der Waals surface area contributed by atoms with Crippen LogP contribution in [0.4, 0.5) is 14.5 Å². The highest BCUT2D eigenvalue weighted by Crippen LogP contribution is 2.28. The molecule has 0 atom stereocenters. The molecule has 0 saturated carbocycles. The summed E-state index contributed by atoms with van der Waals surface area (Å²) in [4.78, 5) is 10.7. The zero-order valence-electron chi connectivity index (χ0n) is 7.17. The van der Waals surface area contributed by atoms with Crippen LogP contribution in [0, 0.1) is 0 Å². The average Bonchev–Trinajstić information content (AvgIpc) is 2.10. The maximum atomic E-state index is 12.2. The molecule has 0 aliphatic heterocycles. The van der Waals surface area contributed by atoms with E-state index in [1.807, 2.05) is 0 Å². The van der Waals surface area contributed by atoms with Gasteiger partial charge in [-0.05, 0) is 23.7 Å². The van der Waals surface area contributed by atoms with Crippen molar-refractivity contribution in [1.82, 2.24) is 0 Å². The summed E-state index contributed by atoms with van der Waals surface area (Å²) in [6.07, 6.45) is 0. The number of benzene rings is 1. The van der Waals surface area contributed by atoms with Crippen molar-refractivity contribution in [3.8, 4) is 11.5 Å². The zero-order valence-corrected chi connectivity index (χ0v) is 7.92. The number of amides is 1. The highest BCUT2D eigenvalue weighted by Gasteiger charge is 2.35. The summed E-state index contributed by atoms with van der Waals surface area (Å²) in [6.45, 7) is 0. The monoisotopic (exact) mass is 237 g/mol. The third-order valence-corrected chi connectivity index (χ3v) is 1.66. The number of phenols is 2. The fourth-order valence-electron chi connectivity index (χ4n) is 0.803. The van der Waals surface area contributed by atoms with Crippen LogP contribution in [0.25, 0.3) is 0 Å². The van der Waals surface area contributed by atoms with Gasteiger partial charge in [-0.3, -0.25) is 4.79 Å². The van der Waals surface area contributed by atoms with Crippen LogP contribution < -0.4 is 5.32 Å². The van der Waals surface area contributed by atoms with Gasteiger partial charge in [0.2, 0.25) is 0 Å². The second-order valence-corrected chi connectivity index (χ2v) is 3.13. The molecule has 1 aromatic carbocycles. The average molecular weight is 238 g/mol. The molecule has 0 radical (unpaired) electrons. The van der Waals surface area contributed by atoms with Gasteiger partial charge in [0.15, 0.2) is 11.5 Å². The van der Waals surface area contributed by atoms with Crippen LogP contribution in [0.15, 0.2) is 18.2 Å². The van der Waals surface area contributed by atoms with Crippen molar-refractivity contribution in [3.63, 3.8) is 0 Å². The summed E-state index contributed by atoms with van der Waals surface area (Å²) in [5.41, 5.74) is -0.101. The summed E-state index contributed by atoms with van der Waals surface area (Å²) in [7, 11) is 0. The first kappa shape index (κ1) is 11.5. The van der Waals surface area contributed by atoms with Crippen molar-refractivity contribution in [2.24, 2.45) is 0 Å². The third-order valence-electron chi connectivity index (χ3n) is 1.49. The van der Waals surface area contributed by atoms with Gasteiger partial charge in [0.05, 0.1) is 0 Å². The minimum atomic E-state index is -4.02. The number of carbonyl (C=O) groups is 1. The Bertz CT molecular complexity index is 392. The van der Waals surface area contributed by atoms with E-state index in [0.717, 1.165) is 18.2 Å². The number of anilines is 1. The van der Waals surface area contributed by atoms with Crippen LogP contribution in [0.5, 0.6) is 11.5 Å². The Hall–Kier alpha value is -1.56. The Kier molecular flexibility index (Phi) is 2.99. The highest BCUT2D eigenvalue weighted by molar-refractivity contribution is 6.33. The van der Waals surface area contributed by atoms with Gasteiger partial charge in [-0.25, -0.2) is 0 Å². The van der Waals surface area contributed by atoms with Crippen molar-refractivity contribution in [1.29, 1.82) is 0 Å². The van der Waals surface area contributed by atoms with E-state index in [-0.39, 0.29) is 5.69 Å². The lowest BCUT2D eigenvalue weighted by Crippen LogP contribution is -2.28. The van der Waals surface area contributed by atoms with Crippen molar-refractivity contribution in [2.75, 3.05) is 5.32 Å². The molecule has 3 N–H and O–H groups in total. The van der Waals surface area contributed by atoms with Crippen LogP contribution in [0.3, 0.4) is 0 Å². The maximum Gasteiger partial charge on any atom is 0.400 e. The van der Waals surface area contributed by atoms with Crippen LogP contribution in [0.1, 0.15) is 0 Å². The molecule has 0 heterocycles. The molecule has 0 aromatic heterocycles. The summed E-state index contributed by atoms with van der Waals surface area (Å²) >= 11 is 4.45. The van der Waals surface area contributed by atoms with Crippen LogP contribution in [-0.4, -0.2) is 21.5 Å². The number of nitrogens with one attached hydrogen (secondary N) is 1. The minimum absolute atomic E-state index is 0.101. The molecule has 4 nitrogen and oxygen atoms in total. The van der Waals surface area contributed by atoms with Crippen molar-refractivity contribution in [2.45, 2.75) is 5.38 Å². The van der Waals surface area contributed by atoms with Crippen molar-refractivity contribution >= 4 is 23.2 Å². The molecule has 0 fully saturated rings. The number of hydrogen-bond donors (Lipinski definition) is 3. The summed E-state index contributed by atoms with van der Waals surface area (Å²) in [6, 6.07) is 3.09. The van der Waals surface area contributed by atoms with Crippen molar-refractivity contribution in [3.05, 3.63) is 18.2 Å². The molecule has 7 heteroatoms. The fraction of sp³-hybridized carbons (Fsp3) is 0.125. The normalized spacial score (nSPS) is 11.1. The molecule has 1 rings (SSSR count). The van der Waals surface area contributed by atoms with Gasteiger partial charge >= 0.3 is 11.3 Å². The molecule has 0 spiro atoms. The molecule has 1 aromatic rings. The second-order valence-electron chi connectivity index (χ2n) is 2.66. The van der Waals surface area contributed by atoms with Gasteiger partial charge in [0.1, 0.15) is 0 Å². The van der Waals surface area contributed by atoms with Crippen molar-refractivity contribution < 1.29 is 23.8 Å². The first-order valence-electron chi connectivity index (χ1n) is 3.71. The van der Waals surface area contributed by atoms with Gasteiger partial charge in [-0.15, -0.1) is 0 Å². The molecule has 15 heavy (non-hydrogen) atoms. The lowest BCUT2D eigenvalue weighted by Gasteiger charge is -2.09. The van der Waals surface area contributed by atoms with Crippen LogP contribution in [0.2, 0.25) is 0 Å². The standard InChI is InChI=1S/C8H6ClF2NO3/c9-8(10,11)7(15)12-4-1-2-5(13)6(14)3-4/h1-3,13-14H,(H,12,15). The van der Waals surface area contributed by atoms with E-state index in [1.54, 1.807) is 5.32 Å².